The summed E-state index contributed by atoms with van der Waals surface area (Å²) in [5.41, 5.74) is 8.91. The van der Waals surface area contributed by atoms with Crippen LogP contribution in [0.1, 0.15) is 37.8 Å². The van der Waals surface area contributed by atoms with Gasteiger partial charge in [-0.25, -0.2) is 0 Å². The second-order valence-corrected chi connectivity index (χ2v) is 5.25. The predicted molar refractivity (Wildman–Crippen MR) is 79.6 cm³/mol. The van der Waals surface area contributed by atoms with Gasteiger partial charge in [-0.1, -0.05) is 25.8 Å². The predicted octanol–water partition coefficient (Wildman–Crippen LogP) is 2.29. The number of hydrogen-bond acceptors (Lipinski definition) is 3. The van der Waals surface area contributed by atoms with Gasteiger partial charge in [-0.05, 0) is 18.6 Å². The summed E-state index contributed by atoms with van der Waals surface area (Å²) in [6.07, 6.45) is 3.67. The summed E-state index contributed by atoms with van der Waals surface area (Å²) in [4.78, 5) is 15.7. The monoisotopic (exact) mass is 261 g/mol. The number of unbranched alkanes of at least 4 members (excludes halogenated alkanes) is 2. The molecule has 0 aliphatic carbocycles. The molecule has 1 unspecified atom stereocenters. The van der Waals surface area contributed by atoms with Crippen molar-refractivity contribution in [2.45, 2.75) is 32.2 Å². The molecule has 1 aliphatic heterocycles. The van der Waals surface area contributed by atoms with Crippen LogP contribution >= 0.6 is 0 Å². The molecular formula is C15H23N3O. The van der Waals surface area contributed by atoms with Gasteiger partial charge in [-0.3, -0.25) is 4.79 Å². The molecule has 0 saturated heterocycles. The average Bonchev–Trinajstić information content (AvgIpc) is 2.64. The quantitative estimate of drug-likeness (QED) is 0.827. The van der Waals surface area contributed by atoms with Crippen LogP contribution in [-0.4, -0.2) is 26.5 Å². The number of carbonyl (C=O) groups excluding carboxylic acids is 1. The smallest absolute Gasteiger partial charge is 0.248 e. The topological polar surface area (TPSA) is 49.6 Å². The molecule has 4 nitrogen and oxygen atoms in total. The van der Waals surface area contributed by atoms with E-state index in [0.29, 0.717) is 0 Å². The van der Waals surface area contributed by atoms with Gasteiger partial charge in [0.25, 0.3) is 0 Å². The maximum Gasteiger partial charge on any atom is 0.248 e. The summed E-state index contributed by atoms with van der Waals surface area (Å²) in [7, 11) is 3.88. The average molecular weight is 261 g/mol. The van der Waals surface area contributed by atoms with E-state index in [9.17, 15) is 4.79 Å². The molecule has 1 aliphatic rings. The zero-order valence-electron chi connectivity index (χ0n) is 12.0. The highest BCUT2D eigenvalue weighted by atomic mass is 16.2. The Morgan fingerprint density at radius 3 is 2.79 bits per heavy atom. The summed E-state index contributed by atoms with van der Waals surface area (Å²) in [5.74, 6) is -0.0270. The lowest BCUT2D eigenvalue weighted by molar-refractivity contribution is -0.118. The highest BCUT2D eigenvalue weighted by Gasteiger charge is 2.32. The van der Waals surface area contributed by atoms with Gasteiger partial charge in [0.1, 0.15) is 6.04 Å². The minimum atomic E-state index is -0.501. The van der Waals surface area contributed by atoms with E-state index < -0.39 is 6.04 Å². The number of nitrogens with two attached hydrogens (primary N) is 1. The molecule has 19 heavy (non-hydrogen) atoms. The highest BCUT2D eigenvalue weighted by molar-refractivity contribution is 6.04. The summed E-state index contributed by atoms with van der Waals surface area (Å²) in [5, 5.41) is 0. The molecule has 2 N–H and O–H groups in total. The zero-order valence-corrected chi connectivity index (χ0v) is 12.0. The number of hydrogen-bond donors (Lipinski definition) is 1. The summed E-state index contributed by atoms with van der Waals surface area (Å²) < 4.78 is 0. The molecule has 1 aromatic carbocycles. The van der Waals surface area contributed by atoms with Gasteiger partial charge < -0.3 is 15.5 Å². The van der Waals surface area contributed by atoms with Crippen LogP contribution in [0.4, 0.5) is 11.4 Å². The molecular weight excluding hydrogens is 238 g/mol. The van der Waals surface area contributed by atoms with E-state index in [4.69, 9.17) is 5.73 Å². The van der Waals surface area contributed by atoms with Gasteiger partial charge >= 0.3 is 0 Å². The van der Waals surface area contributed by atoms with E-state index in [-0.39, 0.29) is 5.91 Å². The van der Waals surface area contributed by atoms with Crippen molar-refractivity contribution in [1.82, 2.24) is 0 Å². The molecule has 0 fully saturated rings. The molecule has 1 heterocycles. The molecule has 0 bridgehead atoms. The molecule has 4 heteroatoms. The molecule has 1 aromatic rings. The third-order valence-electron chi connectivity index (χ3n) is 3.84. The number of likely N-dealkylation sites (N-methyl/N-ethyl adjacent to an activating group) is 1. The third kappa shape index (κ3) is 2.59. The largest absolute Gasteiger partial charge is 0.375 e. The van der Waals surface area contributed by atoms with Crippen LogP contribution in [0.3, 0.4) is 0 Å². The van der Waals surface area contributed by atoms with Crippen molar-refractivity contribution < 1.29 is 4.79 Å². The van der Waals surface area contributed by atoms with Gasteiger partial charge in [-0.15, -0.1) is 0 Å². The number of carbonyl (C=O) groups is 1. The Morgan fingerprint density at radius 2 is 2.11 bits per heavy atom. The summed E-state index contributed by atoms with van der Waals surface area (Å²) >= 11 is 0. The molecule has 104 valence electrons. The van der Waals surface area contributed by atoms with E-state index in [1.165, 1.54) is 19.3 Å². The van der Waals surface area contributed by atoms with Crippen molar-refractivity contribution in [1.29, 1.82) is 0 Å². The molecule has 2 rings (SSSR count). The van der Waals surface area contributed by atoms with Crippen LogP contribution in [0.25, 0.3) is 0 Å². The highest BCUT2D eigenvalue weighted by Crippen LogP contribution is 2.36. The first-order valence-electron chi connectivity index (χ1n) is 6.94. The number of amides is 1. The van der Waals surface area contributed by atoms with E-state index in [1.807, 2.05) is 6.07 Å². The fourth-order valence-corrected chi connectivity index (χ4v) is 2.51. The number of anilines is 2. The lowest BCUT2D eigenvalue weighted by Crippen LogP contribution is -2.27. The molecule has 1 atom stereocenters. The van der Waals surface area contributed by atoms with Crippen LogP contribution in [-0.2, 0) is 4.79 Å². The van der Waals surface area contributed by atoms with Gasteiger partial charge in [0.15, 0.2) is 0 Å². The minimum Gasteiger partial charge on any atom is -0.375 e. The molecule has 0 aromatic heterocycles. The lowest BCUT2D eigenvalue weighted by atomic mass is 10.1. The Morgan fingerprint density at radius 1 is 1.37 bits per heavy atom. The van der Waals surface area contributed by atoms with Gasteiger partial charge in [0.2, 0.25) is 5.91 Å². The van der Waals surface area contributed by atoms with Crippen LogP contribution in [0.15, 0.2) is 18.2 Å². The van der Waals surface area contributed by atoms with Crippen molar-refractivity contribution in [3.63, 3.8) is 0 Å². The lowest BCUT2D eigenvalue weighted by Gasteiger charge is -2.21. The second-order valence-electron chi connectivity index (χ2n) is 5.25. The molecule has 0 saturated carbocycles. The Balaban J connectivity index is 2.16. The van der Waals surface area contributed by atoms with Crippen molar-refractivity contribution in [3.8, 4) is 0 Å². The fraction of sp³-hybridized carbons (Fsp3) is 0.533. The first-order chi connectivity index (χ1) is 9.06. The summed E-state index contributed by atoms with van der Waals surface area (Å²) in [6.45, 7) is 3.24. The Kier molecular flexibility index (Phi) is 4.10. The first kappa shape index (κ1) is 13.9. The summed E-state index contributed by atoms with van der Waals surface area (Å²) in [6, 6.07) is 5.59. The maximum absolute atomic E-state index is 11.8. The van der Waals surface area contributed by atoms with Crippen LogP contribution in [0, 0.1) is 0 Å². The van der Waals surface area contributed by atoms with Crippen molar-refractivity contribution in [2.24, 2.45) is 5.73 Å². The van der Waals surface area contributed by atoms with E-state index in [2.05, 4.69) is 31.0 Å². The van der Waals surface area contributed by atoms with Gasteiger partial charge in [0, 0.05) is 31.9 Å². The van der Waals surface area contributed by atoms with Crippen LogP contribution in [0.5, 0.6) is 0 Å². The van der Waals surface area contributed by atoms with Gasteiger partial charge in [-0.2, -0.15) is 0 Å². The fourth-order valence-electron chi connectivity index (χ4n) is 2.51. The minimum absolute atomic E-state index is 0.0270. The first-order valence-corrected chi connectivity index (χ1v) is 6.94. The third-order valence-corrected chi connectivity index (χ3v) is 3.84. The Hall–Kier alpha value is -1.55. The van der Waals surface area contributed by atoms with Crippen molar-refractivity contribution in [2.75, 3.05) is 30.4 Å². The molecule has 0 spiro atoms. The van der Waals surface area contributed by atoms with E-state index >= 15 is 0 Å². The van der Waals surface area contributed by atoms with E-state index in [1.54, 1.807) is 11.9 Å². The maximum atomic E-state index is 11.8. The Bertz CT molecular complexity index is 472. The standard InChI is InChI=1S/C15H23N3O/c1-4-5-6-9-17(2)11-7-8-12-13(10-11)18(3)15(19)14(12)16/h7-8,10,14H,4-6,9,16H2,1-3H3. The molecule has 0 radical (unpaired) electrons. The van der Waals surface area contributed by atoms with E-state index in [0.717, 1.165) is 23.5 Å². The normalized spacial score (nSPS) is 17.8. The van der Waals surface area contributed by atoms with Crippen molar-refractivity contribution >= 4 is 17.3 Å². The Labute approximate surface area is 115 Å². The van der Waals surface area contributed by atoms with Crippen molar-refractivity contribution in [3.05, 3.63) is 23.8 Å². The zero-order chi connectivity index (χ0) is 14.0. The number of nitrogens with zero attached hydrogens (tertiary/aromatic N) is 2. The number of fused-ring (bicyclic) bond motifs is 1. The molecule has 1 amide bonds. The van der Waals surface area contributed by atoms with Gasteiger partial charge in [0.05, 0.1) is 5.69 Å². The number of rotatable bonds is 5. The second kappa shape index (κ2) is 5.61. The number of benzene rings is 1. The SMILES string of the molecule is CCCCCN(C)c1ccc2c(c1)N(C)C(=O)C2N. The van der Waals surface area contributed by atoms with Crippen LogP contribution < -0.4 is 15.5 Å². The van der Waals surface area contributed by atoms with Crippen LogP contribution in [0.2, 0.25) is 0 Å².